The fraction of sp³-hybridized carbons (Fsp3) is 1.00. The first kappa shape index (κ1) is 22.4. The Balaban J connectivity index is 1.71. The molecule has 3 fully saturated rings. The summed E-state index contributed by atoms with van der Waals surface area (Å²) in [5, 5.41) is 0. The monoisotopic (exact) mass is 437 g/mol. The standard InChI is InChI=1S/C18H35N3O5S2/c1-16-12-17(2)14-20(13-16)28(24,25)21(18-4-11-27(22,23)15-18)6-3-5-19-7-9-26-10-8-19/h16-18H,3-15H2,1-2H3. The van der Waals surface area contributed by atoms with Crippen molar-refractivity contribution in [3.63, 3.8) is 0 Å². The lowest BCUT2D eigenvalue weighted by Gasteiger charge is -2.39. The van der Waals surface area contributed by atoms with Gasteiger partial charge < -0.3 is 4.74 Å². The molecule has 3 saturated heterocycles. The summed E-state index contributed by atoms with van der Waals surface area (Å²) in [7, 11) is -6.82. The van der Waals surface area contributed by atoms with Crippen molar-refractivity contribution in [2.75, 3.05) is 64.0 Å². The Morgan fingerprint density at radius 1 is 1.11 bits per heavy atom. The largest absolute Gasteiger partial charge is 0.379 e. The third kappa shape index (κ3) is 5.66. The molecule has 0 radical (unpaired) electrons. The van der Waals surface area contributed by atoms with Crippen molar-refractivity contribution in [2.24, 2.45) is 11.8 Å². The van der Waals surface area contributed by atoms with Gasteiger partial charge in [0.05, 0.1) is 24.7 Å². The fourth-order valence-electron chi connectivity index (χ4n) is 4.71. The van der Waals surface area contributed by atoms with E-state index in [1.54, 1.807) is 4.31 Å². The molecule has 3 atom stereocenters. The zero-order chi connectivity index (χ0) is 20.4. The van der Waals surface area contributed by atoms with E-state index in [0.29, 0.717) is 57.5 Å². The van der Waals surface area contributed by atoms with E-state index >= 15 is 0 Å². The Kier molecular flexibility index (Phi) is 7.42. The molecule has 0 amide bonds. The Morgan fingerprint density at radius 3 is 2.32 bits per heavy atom. The number of hydrogen-bond acceptors (Lipinski definition) is 6. The summed E-state index contributed by atoms with van der Waals surface area (Å²) in [4.78, 5) is 2.28. The Hall–Kier alpha value is -0.260. The van der Waals surface area contributed by atoms with Crippen LogP contribution in [-0.2, 0) is 24.8 Å². The highest BCUT2D eigenvalue weighted by atomic mass is 32.2. The molecular weight excluding hydrogens is 402 g/mol. The maximum Gasteiger partial charge on any atom is 0.282 e. The van der Waals surface area contributed by atoms with E-state index in [4.69, 9.17) is 4.74 Å². The van der Waals surface area contributed by atoms with Gasteiger partial charge in [-0.05, 0) is 37.6 Å². The third-order valence-corrected chi connectivity index (χ3v) is 9.80. The predicted octanol–water partition coefficient (Wildman–Crippen LogP) is 0.421. The van der Waals surface area contributed by atoms with Gasteiger partial charge >= 0.3 is 0 Å². The average Bonchev–Trinajstić information content (AvgIpc) is 2.98. The lowest BCUT2D eigenvalue weighted by atomic mass is 9.94. The topological polar surface area (TPSA) is 87.2 Å². The molecule has 0 aromatic heterocycles. The molecule has 3 aliphatic heterocycles. The van der Waals surface area contributed by atoms with Crippen molar-refractivity contribution in [2.45, 2.75) is 39.2 Å². The zero-order valence-corrected chi connectivity index (χ0v) is 18.8. The Morgan fingerprint density at radius 2 is 1.75 bits per heavy atom. The zero-order valence-electron chi connectivity index (χ0n) is 17.1. The van der Waals surface area contributed by atoms with E-state index in [1.807, 2.05) is 0 Å². The highest BCUT2D eigenvalue weighted by Crippen LogP contribution is 2.28. The van der Waals surface area contributed by atoms with Crippen LogP contribution in [0.15, 0.2) is 0 Å². The smallest absolute Gasteiger partial charge is 0.282 e. The molecule has 0 spiro atoms. The maximum atomic E-state index is 13.5. The van der Waals surface area contributed by atoms with Crippen LogP contribution < -0.4 is 0 Å². The number of piperidine rings is 1. The maximum absolute atomic E-state index is 13.5. The summed E-state index contributed by atoms with van der Waals surface area (Å²) in [5.41, 5.74) is 0. The summed E-state index contributed by atoms with van der Waals surface area (Å²) < 4.78 is 59.4. The molecule has 0 aromatic carbocycles. The Bertz CT molecular complexity index is 712. The molecule has 10 heteroatoms. The molecule has 3 unspecified atom stereocenters. The summed E-state index contributed by atoms with van der Waals surface area (Å²) >= 11 is 0. The quantitative estimate of drug-likeness (QED) is 0.574. The normalized spacial score (nSPS) is 32.8. The van der Waals surface area contributed by atoms with Crippen LogP contribution in [0.4, 0.5) is 0 Å². The van der Waals surface area contributed by atoms with Gasteiger partial charge in [-0.2, -0.15) is 17.0 Å². The average molecular weight is 438 g/mol. The highest BCUT2D eigenvalue weighted by Gasteiger charge is 2.42. The molecule has 164 valence electrons. The number of morpholine rings is 1. The van der Waals surface area contributed by atoms with E-state index in [2.05, 4.69) is 18.7 Å². The minimum absolute atomic E-state index is 0.0528. The third-order valence-electron chi connectivity index (χ3n) is 6.03. The molecule has 0 N–H and O–H groups in total. The van der Waals surface area contributed by atoms with Crippen LogP contribution in [0.25, 0.3) is 0 Å². The number of nitrogens with zero attached hydrogens (tertiary/aromatic N) is 3. The van der Waals surface area contributed by atoms with E-state index in [0.717, 1.165) is 26.1 Å². The summed E-state index contributed by atoms with van der Waals surface area (Å²) in [6.45, 7) is 9.55. The summed E-state index contributed by atoms with van der Waals surface area (Å²) in [6.07, 6.45) is 2.13. The van der Waals surface area contributed by atoms with Gasteiger partial charge in [-0.15, -0.1) is 0 Å². The molecule has 3 heterocycles. The molecular formula is C18H35N3O5S2. The SMILES string of the molecule is CC1CC(C)CN(S(=O)(=O)N(CCCN2CCOCC2)C2CCS(=O)(=O)C2)C1. The second kappa shape index (κ2) is 9.26. The summed E-state index contributed by atoms with van der Waals surface area (Å²) in [6, 6.07) is -0.438. The van der Waals surface area contributed by atoms with Gasteiger partial charge in [0.25, 0.3) is 10.2 Å². The van der Waals surface area contributed by atoms with Gasteiger partial charge in [-0.3, -0.25) is 4.90 Å². The minimum Gasteiger partial charge on any atom is -0.379 e. The molecule has 28 heavy (non-hydrogen) atoms. The van der Waals surface area contributed by atoms with Gasteiger partial charge in [0, 0.05) is 38.8 Å². The molecule has 3 aliphatic rings. The first-order valence-corrected chi connectivity index (χ1v) is 13.7. The predicted molar refractivity (Wildman–Crippen MR) is 109 cm³/mol. The number of hydrogen-bond donors (Lipinski definition) is 0. The van der Waals surface area contributed by atoms with Crippen molar-refractivity contribution in [1.29, 1.82) is 0 Å². The highest BCUT2D eigenvalue weighted by molar-refractivity contribution is 7.91. The second-order valence-corrected chi connectivity index (χ2v) is 12.9. The first-order valence-electron chi connectivity index (χ1n) is 10.4. The molecule has 3 rings (SSSR count). The van der Waals surface area contributed by atoms with Gasteiger partial charge in [0.1, 0.15) is 0 Å². The second-order valence-electron chi connectivity index (χ2n) is 8.75. The molecule has 8 nitrogen and oxygen atoms in total. The van der Waals surface area contributed by atoms with Crippen LogP contribution in [0.5, 0.6) is 0 Å². The lowest BCUT2D eigenvalue weighted by molar-refractivity contribution is 0.0366. The molecule has 0 saturated carbocycles. The number of ether oxygens (including phenoxy) is 1. The van der Waals surface area contributed by atoms with Crippen LogP contribution in [0, 0.1) is 11.8 Å². The van der Waals surface area contributed by atoms with Gasteiger partial charge in [-0.25, -0.2) is 8.42 Å². The van der Waals surface area contributed by atoms with Crippen LogP contribution in [0.2, 0.25) is 0 Å². The number of sulfone groups is 1. The minimum atomic E-state index is -3.67. The van der Waals surface area contributed by atoms with Crippen molar-refractivity contribution in [1.82, 2.24) is 13.5 Å². The molecule has 0 aliphatic carbocycles. The van der Waals surface area contributed by atoms with E-state index in [9.17, 15) is 16.8 Å². The van der Waals surface area contributed by atoms with Crippen molar-refractivity contribution >= 4 is 20.0 Å². The van der Waals surface area contributed by atoms with Crippen LogP contribution in [-0.4, -0.2) is 100 Å². The van der Waals surface area contributed by atoms with Crippen molar-refractivity contribution in [3.05, 3.63) is 0 Å². The van der Waals surface area contributed by atoms with E-state index in [-0.39, 0.29) is 11.5 Å². The first-order chi connectivity index (χ1) is 13.2. The van der Waals surface area contributed by atoms with Crippen molar-refractivity contribution < 1.29 is 21.6 Å². The van der Waals surface area contributed by atoms with Crippen LogP contribution in [0.3, 0.4) is 0 Å². The van der Waals surface area contributed by atoms with Crippen LogP contribution in [0.1, 0.15) is 33.1 Å². The molecule has 0 aromatic rings. The number of rotatable bonds is 7. The van der Waals surface area contributed by atoms with Crippen LogP contribution >= 0.6 is 0 Å². The van der Waals surface area contributed by atoms with E-state index < -0.39 is 26.1 Å². The van der Waals surface area contributed by atoms with Crippen molar-refractivity contribution in [3.8, 4) is 0 Å². The van der Waals surface area contributed by atoms with E-state index in [1.165, 1.54) is 4.31 Å². The van der Waals surface area contributed by atoms with Gasteiger partial charge in [0.2, 0.25) is 0 Å². The fourth-order valence-corrected chi connectivity index (χ4v) is 8.63. The van der Waals surface area contributed by atoms with Gasteiger partial charge in [-0.1, -0.05) is 13.8 Å². The molecule has 0 bridgehead atoms. The van der Waals surface area contributed by atoms with Gasteiger partial charge in [0.15, 0.2) is 9.84 Å². The Labute approximate surface area is 170 Å². The lowest BCUT2D eigenvalue weighted by Crippen LogP contribution is -2.53. The summed E-state index contributed by atoms with van der Waals surface area (Å²) in [5.74, 6) is 0.671.